The first kappa shape index (κ1) is 12.6. The van der Waals surface area contributed by atoms with Crippen LogP contribution in [0.5, 0.6) is 0 Å². The third-order valence-electron chi connectivity index (χ3n) is 4.58. The maximum absolute atomic E-state index is 6.03. The van der Waals surface area contributed by atoms with Gasteiger partial charge in [-0.1, -0.05) is 37.5 Å². The highest BCUT2D eigenvalue weighted by molar-refractivity contribution is 5.85. The van der Waals surface area contributed by atoms with Crippen molar-refractivity contribution in [2.45, 2.75) is 38.0 Å². The van der Waals surface area contributed by atoms with Gasteiger partial charge in [-0.2, -0.15) is 0 Å². The van der Waals surface area contributed by atoms with Gasteiger partial charge in [0.25, 0.3) is 0 Å². The average molecular weight is 254 g/mol. The van der Waals surface area contributed by atoms with E-state index in [1.54, 1.807) is 0 Å². The second-order valence-electron chi connectivity index (χ2n) is 5.68. The molecule has 1 fully saturated rings. The lowest BCUT2D eigenvalue weighted by Gasteiger charge is -2.25. The Balaban J connectivity index is 2.06. The van der Waals surface area contributed by atoms with E-state index < -0.39 is 0 Å². The Hall–Kier alpha value is -1.41. The van der Waals surface area contributed by atoms with Gasteiger partial charge < -0.3 is 5.73 Å². The molecule has 0 saturated heterocycles. The summed E-state index contributed by atoms with van der Waals surface area (Å²) in [6.45, 7) is 0.812. The molecule has 0 spiro atoms. The smallest absolute Gasteiger partial charge is 0.0346 e. The van der Waals surface area contributed by atoms with Crippen molar-refractivity contribution in [3.8, 4) is 0 Å². The van der Waals surface area contributed by atoms with Gasteiger partial charge in [0.2, 0.25) is 0 Å². The molecule has 100 valence electrons. The van der Waals surface area contributed by atoms with Crippen molar-refractivity contribution in [3.63, 3.8) is 0 Å². The normalized spacial score (nSPS) is 24.3. The van der Waals surface area contributed by atoms with Crippen LogP contribution in [-0.4, -0.2) is 11.5 Å². The van der Waals surface area contributed by atoms with Crippen LogP contribution in [0.25, 0.3) is 10.8 Å². The summed E-state index contributed by atoms with van der Waals surface area (Å²) in [7, 11) is 0. The van der Waals surface area contributed by atoms with Crippen molar-refractivity contribution < 1.29 is 0 Å². The van der Waals surface area contributed by atoms with Crippen LogP contribution in [-0.2, 0) is 0 Å². The molecule has 0 amide bonds. The topological polar surface area (TPSA) is 38.9 Å². The van der Waals surface area contributed by atoms with E-state index in [0.717, 1.165) is 6.54 Å². The fourth-order valence-corrected chi connectivity index (χ4v) is 3.55. The quantitative estimate of drug-likeness (QED) is 0.827. The number of hydrogen-bond donors (Lipinski definition) is 1. The second-order valence-corrected chi connectivity index (χ2v) is 5.68. The number of pyridine rings is 1. The van der Waals surface area contributed by atoms with Crippen LogP contribution in [0.4, 0.5) is 0 Å². The summed E-state index contributed by atoms with van der Waals surface area (Å²) < 4.78 is 0. The van der Waals surface area contributed by atoms with Crippen molar-refractivity contribution in [1.29, 1.82) is 0 Å². The molecule has 1 aromatic heterocycles. The standard InChI is InChI=1S/C17H22N2/c18-11-13-5-2-1-3-7-15(13)17-8-4-6-14-12-19-10-9-16(14)17/h4,6,8-10,12-13,15H,1-3,5,7,11,18H2. The maximum Gasteiger partial charge on any atom is 0.0346 e. The lowest BCUT2D eigenvalue weighted by Crippen LogP contribution is -2.21. The van der Waals surface area contributed by atoms with Crippen LogP contribution < -0.4 is 5.73 Å². The summed E-state index contributed by atoms with van der Waals surface area (Å²) in [4.78, 5) is 4.23. The average Bonchev–Trinajstić information content (AvgIpc) is 2.71. The largest absolute Gasteiger partial charge is 0.330 e. The SMILES string of the molecule is NCC1CCCCCC1c1cccc2cnccc12. The molecule has 2 unspecified atom stereocenters. The van der Waals surface area contributed by atoms with Gasteiger partial charge in [-0.05, 0) is 48.2 Å². The van der Waals surface area contributed by atoms with Gasteiger partial charge in [0, 0.05) is 17.8 Å². The molecule has 1 aliphatic carbocycles. The molecule has 2 N–H and O–H groups in total. The minimum absolute atomic E-state index is 0.624. The van der Waals surface area contributed by atoms with E-state index in [2.05, 4.69) is 29.2 Å². The van der Waals surface area contributed by atoms with Crippen molar-refractivity contribution in [2.24, 2.45) is 11.7 Å². The molecule has 1 aliphatic rings. The summed E-state index contributed by atoms with van der Waals surface area (Å²) in [5.41, 5.74) is 7.52. The van der Waals surface area contributed by atoms with Crippen LogP contribution in [0, 0.1) is 5.92 Å². The molecule has 0 bridgehead atoms. The van der Waals surface area contributed by atoms with Gasteiger partial charge in [0.05, 0.1) is 0 Å². The van der Waals surface area contributed by atoms with Crippen molar-refractivity contribution >= 4 is 10.8 Å². The van der Waals surface area contributed by atoms with Crippen LogP contribution in [0.3, 0.4) is 0 Å². The molecule has 2 atom stereocenters. The van der Waals surface area contributed by atoms with Crippen LogP contribution in [0.15, 0.2) is 36.7 Å². The molecule has 3 rings (SSSR count). The van der Waals surface area contributed by atoms with E-state index in [0.29, 0.717) is 11.8 Å². The Morgan fingerprint density at radius 2 is 2.00 bits per heavy atom. The molecule has 1 heterocycles. The first-order chi connectivity index (χ1) is 9.40. The Labute approximate surface area is 115 Å². The van der Waals surface area contributed by atoms with Crippen LogP contribution >= 0.6 is 0 Å². The summed E-state index contributed by atoms with van der Waals surface area (Å²) in [5.74, 6) is 1.26. The van der Waals surface area contributed by atoms with Crippen molar-refractivity contribution in [2.75, 3.05) is 6.54 Å². The highest BCUT2D eigenvalue weighted by Crippen LogP contribution is 2.38. The molecule has 0 aliphatic heterocycles. The molecule has 1 aromatic carbocycles. The first-order valence-electron chi connectivity index (χ1n) is 7.43. The summed E-state index contributed by atoms with van der Waals surface area (Å²) in [6, 6.07) is 8.77. The predicted molar refractivity (Wildman–Crippen MR) is 80.1 cm³/mol. The molecule has 0 radical (unpaired) electrons. The Morgan fingerprint density at radius 3 is 2.89 bits per heavy atom. The summed E-state index contributed by atoms with van der Waals surface area (Å²) >= 11 is 0. The Bertz CT molecular complexity index is 544. The monoisotopic (exact) mass is 254 g/mol. The Morgan fingerprint density at radius 1 is 1.11 bits per heavy atom. The molecular formula is C17H22N2. The van der Waals surface area contributed by atoms with E-state index in [1.165, 1.54) is 48.4 Å². The highest BCUT2D eigenvalue weighted by atomic mass is 14.6. The predicted octanol–water partition coefficient (Wildman–Crippen LogP) is 3.86. The minimum atomic E-state index is 0.624. The van der Waals surface area contributed by atoms with Crippen molar-refractivity contribution in [1.82, 2.24) is 4.98 Å². The lowest BCUT2D eigenvalue weighted by atomic mass is 9.81. The van der Waals surface area contributed by atoms with E-state index in [-0.39, 0.29) is 0 Å². The zero-order chi connectivity index (χ0) is 13.1. The lowest BCUT2D eigenvalue weighted by molar-refractivity contribution is 0.410. The number of nitrogens with two attached hydrogens (primary N) is 1. The zero-order valence-corrected chi connectivity index (χ0v) is 11.4. The molecule has 2 nitrogen and oxygen atoms in total. The van der Waals surface area contributed by atoms with Crippen LogP contribution in [0.2, 0.25) is 0 Å². The molecule has 19 heavy (non-hydrogen) atoms. The van der Waals surface area contributed by atoms with Gasteiger partial charge in [0.1, 0.15) is 0 Å². The van der Waals surface area contributed by atoms with E-state index in [1.807, 2.05) is 12.4 Å². The van der Waals surface area contributed by atoms with Gasteiger partial charge in [-0.3, -0.25) is 4.98 Å². The maximum atomic E-state index is 6.03. The summed E-state index contributed by atoms with van der Waals surface area (Å²) in [5, 5.41) is 2.61. The third-order valence-corrected chi connectivity index (χ3v) is 4.58. The van der Waals surface area contributed by atoms with Gasteiger partial charge >= 0.3 is 0 Å². The minimum Gasteiger partial charge on any atom is -0.330 e. The molecular weight excluding hydrogens is 232 g/mol. The van der Waals surface area contributed by atoms with E-state index >= 15 is 0 Å². The number of hydrogen-bond acceptors (Lipinski definition) is 2. The zero-order valence-electron chi connectivity index (χ0n) is 11.4. The van der Waals surface area contributed by atoms with Gasteiger partial charge in [-0.25, -0.2) is 0 Å². The number of fused-ring (bicyclic) bond motifs is 1. The number of aromatic nitrogens is 1. The fraction of sp³-hybridized carbons (Fsp3) is 0.471. The fourth-order valence-electron chi connectivity index (χ4n) is 3.55. The van der Waals surface area contributed by atoms with E-state index in [4.69, 9.17) is 5.73 Å². The third kappa shape index (κ3) is 2.50. The van der Waals surface area contributed by atoms with Crippen molar-refractivity contribution in [3.05, 3.63) is 42.2 Å². The first-order valence-corrected chi connectivity index (χ1v) is 7.43. The number of benzene rings is 1. The molecule has 1 saturated carbocycles. The molecule has 2 aromatic rings. The highest BCUT2D eigenvalue weighted by Gasteiger charge is 2.25. The molecule has 2 heteroatoms. The summed E-state index contributed by atoms with van der Waals surface area (Å²) in [6.07, 6.45) is 10.5. The van der Waals surface area contributed by atoms with Crippen LogP contribution in [0.1, 0.15) is 43.6 Å². The Kier molecular flexibility index (Phi) is 3.79. The van der Waals surface area contributed by atoms with Gasteiger partial charge in [-0.15, -0.1) is 0 Å². The number of nitrogens with zero attached hydrogens (tertiary/aromatic N) is 1. The number of rotatable bonds is 2. The van der Waals surface area contributed by atoms with E-state index in [9.17, 15) is 0 Å². The van der Waals surface area contributed by atoms with Gasteiger partial charge in [0.15, 0.2) is 0 Å². The second kappa shape index (κ2) is 5.70.